The van der Waals surface area contributed by atoms with Gasteiger partial charge in [-0.3, -0.25) is 4.79 Å². The predicted octanol–water partition coefficient (Wildman–Crippen LogP) is 0.924. The molecule has 15 heavy (non-hydrogen) atoms. The average Bonchev–Trinajstić information content (AvgIpc) is 2.71. The zero-order chi connectivity index (χ0) is 10.7. The summed E-state index contributed by atoms with van der Waals surface area (Å²) in [4.78, 5) is 14.9. The summed E-state index contributed by atoms with van der Waals surface area (Å²) < 4.78 is 1.89. The molecule has 0 atom stereocenters. The van der Waals surface area contributed by atoms with E-state index in [1.54, 1.807) is 24.7 Å². The minimum absolute atomic E-state index is 0.0725. The average molecular weight is 202 g/mol. The zero-order valence-electron chi connectivity index (χ0n) is 8.29. The maximum Gasteiger partial charge on any atom is 0.180 e. The molecule has 0 bridgehead atoms. The third-order valence-electron chi connectivity index (χ3n) is 1.98. The first-order chi connectivity index (χ1) is 7.25. The molecule has 0 unspecified atom stereocenters. The van der Waals surface area contributed by atoms with Crippen LogP contribution in [0.2, 0.25) is 0 Å². The fourth-order valence-electron chi connectivity index (χ4n) is 1.20. The molecule has 0 amide bonds. The van der Waals surface area contributed by atoms with Gasteiger partial charge in [-0.05, 0) is 12.1 Å². The van der Waals surface area contributed by atoms with Crippen molar-refractivity contribution in [2.75, 3.05) is 0 Å². The molecule has 0 saturated carbocycles. The SMILES string of the molecule is CC(=O)c1ccc(Cn2ccnc2)nn1. The molecule has 0 aliphatic carbocycles. The van der Waals surface area contributed by atoms with Crippen molar-refractivity contribution in [1.82, 2.24) is 19.7 Å². The summed E-state index contributed by atoms with van der Waals surface area (Å²) in [6.45, 7) is 2.09. The van der Waals surface area contributed by atoms with Gasteiger partial charge in [-0.25, -0.2) is 4.98 Å². The van der Waals surface area contributed by atoms with Crippen LogP contribution in [0.15, 0.2) is 30.9 Å². The first kappa shape index (κ1) is 9.51. The van der Waals surface area contributed by atoms with Crippen molar-refractivity contribution in [1.29, 1.82) is 0 Å². The molecule has 2 rings (SSSR count). The minimum Gasteiger partial charge on any atom is -0.331 e. The Labute approximate surface area is 86.8 Å². The summed E-state index contributed by atoms with van der Waals surface area (Å²) in [5, 5.41) is 7.78. The van der Waals surface area contributed by atoms with Gasteiger partial charge >= 0.3 is 0 Å². The molecule has 2 aromatic heterocycles. The van der Waals surface area contributed by atoms with Crippen LogP contribution in [0.4, 0.5) is 0 Å². The van der Waals surface area contributed by atoms with E-state index in [2.05, 4.69) is 15.2 Å². The highest BCUT2D eigenvalue weighted by molar-refractivity contribution is 5.91. The van der Waals surface area contributed by atoms with Crippen molar-refractivity contribution < 1.29 is 4.79 Å². The first-order valence-corrected chi connectivity index (χ1v) is 4.55. The molecule has 0 radical (unpaired) electrons. The van der Waals surface area contributed by atoms with Crippen LogP contribution in [0.1, 0.15) is 23.1 Å². The van der Waals surface area contributed by atoms with Gasteiger partial charge < -0.3 is 4.57 Å². The van der Waals surface area contributed by atoms with Crippen LogP contribution in [0, 0.1) is 0 Å². The van der Waals surface area contributed by atoms with Crippen LogP contribution in [-0.4, -0.2) is 25.5 Å². The Morgan fingerprint density at radius 1 is 1.40 bits per heavy atom. The Kier molecular flexibility index (Phi) is 2.53. The van der Waals surface area contributed by atoms with Gasteiger partial charge in [-0.15, -0.1) is 5.10 Å². The number of hydrogen-bond donors (Lipinski definition) is 0. The first-order valence-electron chi connectivity index (χ1n) is 4.55. The highest BCUT2D eigenvalue weighted by Gasteiger charge is 2.02. The molecule has 0 saturated heterocycles. The van der Waals surface area contributed by atoms with E-state index in [9.17, 15) is 4.79 Å². The van der Waals surface area contributed by atoms with E-state index in [0.29, 0.717) is 12.2 Å². The second-order valence-electron chi connectivity index (χ2n) is 3.20. The summed E-state index contributed by atoms with van der Waals surface area (Å²) in [5.74, 6) is -0.0725. The number of ketones is 1. The van der Waals surface area contributed by atoms with Gasteiger partial charge in [0.05, 0.1) is 18.6 Å². The van der Waals surface area contributed by atoms with Gasteiger partial charge in [0.25, 0.3) is 0 Å². The van der Waals surface area contributed by atoms with E-state index < -0.39 is 0 Å². The van der Waals surface area contributed by atoms with Gasteiger partial charge in [-0.1, -0.05) is 0 Å². The number of rotatable bonds is 3. The Balaban J connectivity index is 2.14. The van der Waals surface area contributed by atoms with Crippen molar-refractivity contribution in [2.24, 2.45) is 0 Å². The topological polar surface area (TPSA) is 60.7 Å². The van der Waals surface area contributed by atoms with E-state index >= 15 is 0 Å². The smallest absolute Gasteiger partial charge is 0.180 e. The molecule has 2 heterocycles. The van der Waals surface area contributed by atoms with Gasteiger partial charge in [0.15, 0.2) is 5.78 Å². The van der Waals surface area contributed by atoms with Crippen LogP contribution in [-0.2, 0) is 6.54 Å². The van der Waals surface area contributed by atoms with Gasteiger partial charge in [0.2, 0.25) is 0 Å². The van der Waals surface area contributed by atoms with Gasteiger partial charge in [0.1, 0.15) is 5.69 Å². The van der Waals surface area contributed by atoms with Crippen LogP contribution >= 0.6 is 0 Å². The molecule has 0 aromatic carbocycles. The van der Waals surface area contributed by atoms with Crippen molar-refractivity contribution in [3.05, 3.63) is 42.2 Å². The Bertz CT molecular complexity index is 447. The van der Waals surface area contributed by atoms with Crippen molar-refractivity contribution in [2.45, 2.75) is 13.5 Å². The van der Waals surface area contributed by atoms with E-state index in [1.165, 1.54) is 6.92 Å². The molecule has 2 aromatic rings. The lowest BCUT2D eigenvalue weighted by molar-refractivity contribution is 0.101. The quantitative estimate of drug-likeness (QED) is 0.694. The third-order valence-corrected chi connectivity index (χ3v) is 1.98. The Morgan fingerprint density at radius 2 is 2.27 bits per heavy atom. The minimum atomic E-state index is -0.0725. The fourth-order valence-corrected chi connectivity index (χ4v) is 1.20. The molecule has 0 fully saturated rings. The Morgan fingerprint density at radius 3 is 2.80 bits per heavy atom. The second kappa shape index (κ2) is 4.00. The predicted molar refractivity (Wildman–Crippen MR) is 53.4 cm³/mol. The van der Waals surface area contributed by atoms with E-state index in [0.717, 1.165) is 5.69 Å². The number of aromatic nitrogens is 4. The van der Waals surface area contributed by atoms with E-state index in [-0.39, 0.29) is 5.78 Å². The third kappa shape index (κ3) is 2.25. The summed E-state index contributed by atoms with van der Waals surface area (Å²) in [5.41, 5.74) is 1.20. The maximum absolute atomic E-state index is 11.0. The number of nitrogens with zero attached hydrogens (tertiary/aromatic N) is 4. The summed E-state index contributed by atoms with van der Waals surface area (Å²) >= 11 is 0. The number of carbonyl (C=O) groups excluding carboxylic acids is 1. The van der Waals surface area contributed by atoms with E-state index in [4.69, 9.17) is 0 Å². The molecule has 0 N–H and O–H groups in total. The van der Waals surface area contributed by atoms with Crippen LogP contribution in [0.25, 0.3) is 0 Å². The number of carbonyl (C=O) groups is 1. The van der Waals surface area contributed by atoms with Gasteiger partial charge in [0, 0.05) is 19.3 Å². The van der Waals surface area contributed by atoms with Crippen molar-refractivity contribution in [3.63, 3.8) is 0 Å². The lowest BCUT2D eigenvalue weighted by Gasteiger charge is -2.00. The summed E-state index contributed by atoms with van der Waals surface area (Å²) in [7, 11) is 0. The fraction of sp³-hybridized carbons (Fsp3) is 0.200. The highest BCUT2D eigenvalue weighted by atomic mass is 16.1. The van der Waals surface area contributed by atoms with E-state index in [1.807, 2.05) is 10.8 Å². The number of Topliss-reactive ketones (excluding diaryl/α,β-unsaturated/α-hetero) is 1. The molecule has 76 valence electrons. The second-order valence-corrected chi connectivity index (χ2v) is 3.20. The molecule has 0 spiro atoms. The Hall–Kier alpha value is -2.04. The van der Waals surface area contributed by atoms with Crippen molar-refractivity contribution >= 4 is 5.78 Å². The normalized spacial score (nSPS) is 10.2. The monoisotopic (exact) mass is 202 g/mol. The number of hydrogen-bond acceptors (Lipinski definition) is 4. The van der Waals surface area contributed by atoms with Crippen molar-refractivity contribution in [3.8, 4) is 0 Å². The molecule has 5 nitrogen and oxygen atoms in total. The van der Waals surface area contributed by atoms with Crippen LogP contribution in [0.3, 0.4) is 0 Å². The zero-order valence-corrected chi connectivity index (χ0v) is 8.29. The molecule has 0 aliphatic heterocycles. The molecule has 5 heteroatoms. The number of imidazole rings is 1. The highest BCUT2D eigenvalue weighted by Crippen LogP contribution is 2.00. The summed E-state index contributed by atoms with van der Waals surface area (Å²) in [6.07, 6.45) is 5.26. The van der Waals surface area contributed by atoms with Gasteiger partial charge in [-0.2, -0.15) is 5.10 Å². The van der Waals surface area contributed by atoms with Crippen LogP contribution in [0.5, 0.6) is 0 Å². The maximum atomic E-state index is 11.0. The lowest BCUT2D eigenvalue weighted by Crippen LogP contribution is -2.04. The standard InChI is InChI=1S/C10H10N4O/c1-8(15)10-3-2-9(12-13-10)6-14-5-4-11-7-14/h2-5,7H,6H2,1H3. The largest absolute Gasteiger partial charge is 0.331 e. The molecular weight excluding hydrogens is 192 g/mol. The molecular formula is C10H10N4O. The molecule has 0 aliphatic rings. The van der Waals surface area contributed by atoms with Crippen LogP contribution < -0.4 is 0 Å². The summed E-state index contributed by atoms with van der Waals surface area (Å²) in [6, 6.07) is 3.48. The lowest BCUT2D eigenvalue weighted by atomic mass is 10.3.